The highest BCUT2D eigenvalue weighted by molar-refractivity contribution is 5.69. The molecule has 0 amide bonds. The zero-order valence-electron chi connectivity index (χ0n) is 20.7. The molecule has 1 aromatic carbocycles. The van der Waals surface area contributed by atoms with Crippen LogP contribution >= 0.6 is 0 Å². The number of carboxylic acid groups (broad SMARTS) is 1. The second-order valence-electron chi connectivity index (χ2n) is 8.86. The van der Waals surface area contributed by atoms with Crippen LogP contribution in [0, 0.1) is 0 Å². The Kier molecular flexibility index (Phi) is 9.28. The molecule has 0 radical (unpaired) electrons. The Morgan fingerprint density at radius 3 is 2.61 bits per heavy atom. The van der Waals surface area contributed by atoms with Crippen LogP contribution in [0.15, 0.2) is 54.9 Å². The number of carboxylic acids is 1. The van der Waals surface area contributed by atoms with Gasteiger partial charge in [-0.25, -0.2) is 9.97 Å². The number of nitrogens with one attached hydrogen (secondary N) is 3. The van der Waals surface area contributed by atoms with Crippen molar-refractivity contribution in [1.82, 2.24) is 35.4 Å². The van der Waals surface area contributed by atoms with Crippen molar-refractivity contribution in [1.29, 1.82) is 0 Å². The number of carbonyl (C=O) groups is 1. The predicted octanol–water partition coefficient (Wildman–Crippen LogP) is 1.79. The predicted molar refractivity (Wildman–Crippen MR) is 140 cm³/mol. The van der Waals surface area contributed by atoms with Crippen LogP contribution in [0.1, 0.15) is 11.3 Å². The molecular formula is C26H34N8O2. The number of hydrogen-bond acceptors (Lipinski definition) is 9. The summed E-state index contributed by atoms with van der Waals surface area (Å²) in [6, 6.07) is 14.2. The maximum Gasteiger partial charge on any atom is 0.317 e. The highest BCUT2D eigenvalue weighted by atomic mass is 16.4. The van der Waals surface area contributed by atoms with Gasteiger partial charge in [0.25, 0.3) is 0 Å². The molecule has 0 spiro atoms. The van der Waals surface area contributed by atoms with Crippen molar-refractivity contribution in [3.05, 3.63) is 66.1 Å². The quantitative estimate of drug-likeness (QED) is 0.280. The summed E-state index contributed by atoms with van der Waals surface area (Å²) in [5.41, 5.74) is 4.85. The lowest BCUT2D eigenvalue weighted by Gasteiger charge is -2.33. The highest BCUT2D eigenvalue weighted by Crippen LogP contribution is 2.20. The molecule has 0 bridgehead atoms. The van der Waals surface area contributed by atoms with Gasteiger partial charge in [-0.1, -0.05) is 12.1 Å². The van der Waals surface area contributed by atoms with Crippen LogP contribution < -0.4 is 16.0 Å². The summed E-state index contributed by atoms with van der Waals surface area (Å²) in [7, 11) is 1.94. The Morgan fingerprint density at radius 2 is 1.86 bits per heavy atom. The molecule has 0 atom stereocenters. The zero-order valence-corrected chi connectivity index (χ0v) is 20.7. The maximum atomic E-state index is 10.9. The SMILES string of the molecule is CNCCNCc1ccc(-c2ccnc(Nc3cccc(CN4CCN(CC(=O)O)CC4)c3)n2)cn1. The molecule has 0 unspecified atom stereocenters. The molecule has 1 aliphatic rings. The summed E-state index contributed by atoms with van der Waals surface area (Å²) in [6.45, 7) is 6.73. The van der Waals surface area contributed by atoms with Gasteiger partial charge in [-0.2, -0.15) is 0 Å². The molecule has 4 rings (SSSR count). The molecule has 4 N–H and O–H groups in total. The third-order valence-corrected chi connectivity index (χ3v) is 6.05. The zero-order chi connectivity index (χ0) is 25.2. The number of hydrogen-bond donors (Lipinski definition) is 4. The maximum absolute atomic E-state index is 10.9. The average molecular weight is 491 g/mol. The molecule has 10 nitrogen and oxygen atoms in total. The van der Waals surface area contributed by atoms with Gasteiger partial charge in [0, 0.05) is 76.0 Å². The summed E-state index contributed by atoms with van der Waals surface area (Å²) in [5.74, 6) is -0.236. The first kappa shape index (κ1) is 25.6. The van der Waals surface area contributed by atoms with E-state index in [0.717, 1.165) is 75.0 Å². The van der Waals surface area contributed by atoms with Gasteiger partial charge in [0.1, 0.15) is 0 Å². The van der Waals surface area contributed by atoms with E-state index in [9.17, 15) is 4.79 Å². The number of pyridine rings is 1. The molecule has 0 saturated carbocycles. The van der Waals surface area contributed by atoms with Gasteiger partial charge in [-0.05, 0) is 42.9 Å². The standard InChI is InChI=1S/C26H34N8O2/c1-27-9-10-28-17-23-6-5-21(16-30-23)24-7-8-29-26(32-24)31-22-4-2-3-20(15-22)18-33-11-13-34(14-12-33)19-25(35)36/h2-8,15-16,27-28H,9-14,17-19H2,1H3,(H,35,36)(H,29,31,32). The number of nitrogens with zero attached hydrogens (tertiary/aromatic N) is 5. The van der Waals surface area contributed by atoms with Crippen LogP contribution in [0.5, 0.6) is 0 Å². The number of piperazine rings is 1. The molecule has 1 fully saturated rings. The fourth-order valence-electron chi connectivity index (χ4n) is 4.12. The van der Waals surface area contributed by atoms with Gasteiger partial charge in [0.05, 0.1) is 17.9 Å². The highest BCUT2D eigenvalue weighted by Gasteiger charge is 2.18. The van der Waals surface area contributed by atoms with Gasteiger partial charge < -0.3 is 21.1 Å². The van der Waals surface area contributed by atoms with E-state index in [2.05, 4.69) is 47.9 Å². The molecule has 3 aromatic rings. The minimum absolute atomic E-state index is 0.112. The first-order chi connectivity index (χ1) is 17.6. The van der Waals surface area contributed by atoms with Crippen molar-refractivity contribution in [2.24, 2.45) is 0 Å². The summed E-state index contributed by atoms with van der Waals surface area (Å²) in [5, 5.41) is 18.8. The third kappa shape index (κ3) is 7.79. The van der Waals surface area contributed by atoms with Crippen molar-refractivity contribution >= 4 is 17.6 Å². The van der Waals surface area contributed by atoms with Gasteiger partial charge in [0.15, 0.2) is 0 Å². The summed E-state index contributed by atoms with van der Waals surface area (Å²) in [6.07, 6.45) is 3.59. The lowest BCUT2D eigenvalue weighted by Crippen LogP contribution is -2.47. The van der Waals surface area contributed by atoms with Crippen LogP contribution in [-0.4, -0.2) is 88.7 Å². The van der Waals surface area contributed by atoms with E-state index in [4.69, 9.17) is 5.11 Å². The molecule has 0 aliphatic carbocycles. The number of aromatic nitrogens is 3. The summed E-state index contributed by atoms with van der Waals surface area (Å²) in [4.78, 5) is 28.9. The van der Waals surface area contributed by atoms with Crippen molar-refractivity contribution in [2.45, 2.75) is 13.1 Å². The third-order valence-electron chi connectivity index (χ3n) is 6.05. The van der Waals surface area contributed by atoms with Gasteiger partial charge in [-0.15, -0.1) is 0 Å². The van der Waals surface area contributed by atoms with Crippen molar-refractivity contribution in [3.63, 3.8) is 0 Å². The van der Waals surface area contributed by atoms with Gasteiger partial charge in [0.2, 0.25) is 5.95 Å². The number of benzene rings is 1. The Bertz CT molecular complexity index is 1120. The lowest BCUT2D eigenvalue weighted by molar-refractivity contribution is -0.138. The largest absolute Gasteiger partial charge is 0.480 e. The second-order valence-corrected chi connectivity index (χ2v) is 8.86. The minimum atomic E-state index is -0.769. The summed E-state index contributed by atoms with van der Waals surface area (Å²) < 4.78 is 0. The minimum Gasteiger partial charge on any atom is -0.480 e. The molecule has 190 valence electrons. The number of rotatable bonds is 12. The average Bonchev–Trinajstić information content (AvgIpc) is 2.88. The number of likely N-dealkylation sites (N-methyl/N-ethyl adjacent to an activating group) is 1. The lowest BCUT2D eigenvalue weighted by atomic mass is 10.1. The Labute approximate surface area is 211 Å². The van der Waals surface area contributed by atoms with E-state index in [0.29, 0.717) is 5.95 Å². The van der Waals surface area contributed by atoms with Crippen molar-refractivity contribution in [2.75, 3.05) is 58.2 Å². The normalized spacial score (nSPS) is 14.6. The van der Waals surface area contributed by atoms with E-state index in [-0.39, 0.29) is 6.54 Å². The van der Waals surface area contributed by atoms with E-state index in [1.54, 1.807) is 6.20 Å². The molecule has 1 saturated heterocycles. The van der Waals surface area contributed by atoms with Crippen LogP contribution in [0.2, 0.25) is 0 Å². The molecule has 3 heterocycles. The fourth-order valence-corrected chi connectivity index (χ4v) is 4.12. The van der Waals surface area contributed by atoms with E-state index in [1.807, 2.05) is 48.5 Å². The van der Waals surface area contributed by atoms with Gasteiger partial charge in [-0.3, -0.25) is 19.6 Å². The fraction of sp³-hybridized carbons (Fsp3) is 0.385. The summed E-state index contributed by atoms with van der Waals surface area (Å²) >= 11 is 0. The van der Waals surface area contributed by atoms with E-state index < -0.39 is 5.97 Å². The topological polar surface area (TPSA) is 119 Å². The van der Waals surface area contributed by atoms with Crippen LogP contribution in [0.25, 0.3) is 11.3 Å². The van der Waals surface area contributed by atoms with Crippen LogP contribution in [0.3, 0.4) is 0 Å². The molecule has 2 aromatic heterocycles. The van der Waals surface area contributed by atoms with Gasteiger partial charge >= 0.3 is 5.97 Å². The van der Waals surface area contributed by atoms with Crippen LogP contribution in [0.4, 0.5) is 11.6 Å². The van der Waals surface area contributed by atoms with E-state index in [1.165, 1.54) is 5.56 Å². The van der Waals surface area contributed by atoms with Crippen LogP contribution in [-0.2, 0) is 17.9 Å². The Hall–Kier alpha value is -3.44. The first-order valence-corrected chi connectivity index (χ1v) is 12.2. The number of anilines is 2. The Balaban J connectivity index is 1.33. The molecule has 1 aliphatic heterocycles. The van der Waals surface area contributed by atoms with Crippen molar-refractivity contribution in [3.8, 4) is 11.3 Å². The monoisotopic (exact) mass is 490 g/mol. The smallest absolute Gasteiger partial charge is 0.317 e. The second kappa shape index (κ2) is 13.0. The van der Waals surface area contributed by atoms with Crippen molar-refractivity contribution < 1.29 is 9.90 Å². The Morgan fingerprint density at radius 1 is 1.03 bits per heavy atom. The first-order valence-electron chi connectivity index (χ1n) is 12.2. The molecular weight excluding hydrogens is 456 g/mol. The van der Waals surface area contributed by atoms with E-state index >= 15 is 0 Å². The molecule has 10 heteroatoms. The molecule has 36 heavy (non-hydrogen) atoms. The number of aliphatic carboxylic acids is 1.